The van der Waals surface area contributed by atoms with Gasteiger partial charge in [-0.3, -0.25) is 4.79 Å². The molecule has 0 aliphatic heterocycles. The third-order valence-electron chi connectivity index (χ3n) is 6.39. The summed E-state index contributed by atoms with van der Waals surface area (Å²) in [4.78, 5) is 12.4. The minimum absolute atomic E-state index is 0.172. The summed E-state index contributed by atoms with van der Waals surface area (Å²) in [6.45, 7) is 14.7. The van der Waals surface area contributed by atoms with Crippen LogP contribution >= 0.6 is 12.6 Å². The fourth-order valence-electron chi connectivity index (χ4n) is 4.99. The number of carbonyl (C=O) groups excluding carboxylic acids is 1. The van der Waals surface area contributed by atoms with Gasteiger partial charge in [-0.1, -0.05) is 56.4 Å². The molecular weight excluding hydrogens is 422 g/mol. The predicted molar refractivity (Wildman–Crippen MR) is 136 cm³/mol. The Kier molecular flexibility index (Phi) is 12.8. The molecule has 0 N–H and O–H groups in total. The van der Waals surface area contributed by atoms with Crippen molar-refractivity contribution in [3.05, 3.63) is 71.9 Å². The minimum Gasteiger partial charge on any atom is -0.300 e. The Morgan fingerprint density at radius 2 is 1.81 bits per heavy atom. The Bertz CT molecular complexity index is 789. The summed E-state index contributed by atoms with van der Waals surface area (Å²) in [5.74, 6) is 0.811. The lowest BCUT2D eigenvalue weighted by molar-refractivity contribution is -0.120. The summed E-state index contributed by atoms with van der Waals surface area (Å²) in [5.41, 5.74) is 3.04. The Balaban J connectivity index is 0.00000249. The van der Waals surface area contributed by atoms with E-state index in [0.717, 1.165) is 31.7 Å². The maximum absolute atomic E-state index is 13.7. The summed E-state index contributed by atoms with van der Waals surface area (Å²) in [5, 5.41) is 0. The van der Waals surface area contributed by atoms with Gasteiger partial charge in [0.2, 0.25) is 0 Å². The van der Waals surface area contributed by atoms with Gasteiger partial charge < -0.3 is 0 Å². The van der Waals surface area contributed by atoms with Gasteiger partial charge in [0.05, 0.1) is 0 Å². The molecule has 1 aromatic rings. The topological polar surface area (TPSA) is 17.1 Å². The number of hydrogen-bond donors (Lipinski definition) is 1. The molecule has 1 aliphatic carbocycles. The van der Waals surface area contributed by atoms with E-state index >= 15 is 0 Å². The molecule has 1 unspecified atom stereocenters. The lowest BCUT2D eigenvalue weighted by Crippen LogP contribution is -2.24. The molecule has 1 aromatic carbocycles. The van der Waals surface area contributed by atoms with Crippen molar-refractivity contribution >= 4 is 18.4 Å². The monoisotopic (exact) mass is 462 g/mol. The van der Waals surface area contributed by atoms with Crippen LogP contribution in [0.15, 0.2) is 54.7 Å². The zero-order valence-corrected chi connectivity index (χ0v) is 21.1. The summed E-state index contributed by atoms with van der Waals surface area (Å²) >= 11 is 3.53. The van der Waals surface area contributed by atoms with Crippen molar-refractivity contribution in [2.24, 2.45) is 23.7 Å². The number of hydrogen-bond acceptors (Lipinski definition) is 2. The Labute approximate surface area is 199 Å². The highest BCUT2D eigenvalue weighted by atomic mass is 32.1. The molecule has 0 heterocycles. The van der Waals surface area contributed by atoms with Crippen LogP contribution in [0.25, 0.3) is 0 Å². The van der Waals surface area contributed by atoms with Gasteiger partial charge in [0.15, 0.2) is 0 Å². The lowest BCUT2D eigenvalue weighted by Gasteiger charge is -2.35. The predicted octanol–water partition coefficient (Wildman–Crippen LogP) is 8.17. The maximum Gasteiger partial charge on any atom is 0.133 e. The Hall–Kier alpha value is -1.68. The highest BCUT2D eigenvalue weighted by Gasteiger charge is 2.30. The van der Waals surface area contributed by atoms with Crippen LogP contribution < -0.4 is 0 Å². The molecule has 32 heavy (non-hydrogen) atoms. The van der Waals surface area contributed by atoms with Gasteiger partial charge in [-0.05, 0) is 74.7 Å². The summed E-state index contributed by atoms with van der Waals surface area (Å²) in [7, 11) is 0. The second kappa shape index (κ2) is 14.5. The molecule has 0 saturated heterocycles. The first-order valence-electron chi connectivity index (χ1n) is 11.6. The molecule has 1 atom stereocenters. The van der Waals surface area contributed by atoms with Crippen LogP contribution in [0.5, 0.6) is 0 Å². The van der Waals surface area contributed by atoms with E-state index in [1.54, 1.807) is 6.26 Å². The molecule has 178 valence electrons. The Morgan fingerprint density at radius 3 is 2.31 bits per heavy atom. The molecule has 0 bridgehead atoms. The smallest absolute Gasteiger partial charge is 0.133 e. The fraction of sp³-hybridized carbons (Fsp3) is 0.536. The molecule has 1 nitrogen and oxygen atoms in total. The number of aryl methyl sites for hydroxylation is 1. The van der Waals surface area contributed by atoms with E-state index in [1.165, 1.54) is 23.3 Å². The molecule has 0 aromatic heterocycles. The molecule has 4 heteroatoms. The van der Waals surface area contributed by atoms with Crippen molar-refractivity contribution in [2.45, 2.75) is 65.7 Å². The fourth-order valence-corrected chi connectivity index (χ4v) is 4.99. The third kappa shape index (κ3) is 8.69. The maximum atomic E-state index is 13.7. The first-order chi connectivity index (χ1) is 15.2. The molecule has 1 aliphatic rings. The standard InChI is InChI=1S/C27H36F2O.CH4S/c1-6-7-25(27(18(2)3)19(4)5)21-10-8-20(9-11-21)16-24(30)15-13-22-12-14-23(28)17-26(22)29;1-2/h6-7,12,14,17,19-21,27H,1-2,8-11,13,15-16H2,3-5H3;2H,1H3/b25-7-;. The number of thiol groups is 1. The average molecular weight is 463 g/mol. The summed E-state index contributed by atoms with van der Waals surface area (Å²) in [6.07, 6.45) is 11.2. The van der Waals surface area contributed by atoms with Crippen molar-refractivity contribution in [1.29, 1.82) is 0 Å². The van der Waals surface area contributed by atoms with Crippen LogP contribution in [-0.4, -0.2) is 12.0 Å². The molecular formula is C28H40F2OS. The second-order valence-corrected chi connectivity index (χ2v) is 9.17. The number of carbonyl (C=O) groups is 1. The van der Waals surface area contributed by atoms with E-state index in [0.29, 0.717) is 48.5 Å². The van der Waals surface area contributed by atoms with Crippen LogP contribution in [0, 0.1) is 35.3 Å². The minimum atomic E-state index is -0.587. The van der Waals surface area contributed by atoms with Gasteiger partial charge in [0, 0.05) is 24.8 Å². The number of halogens is 2. The van der Waals surface area contributed by atoms with Crippen LogP contribution in [0.1, 0.15) is 64.9 Å². The zero-order valence-electron chi connectivity index (χ0n) is 20.2. The molecule has 0 spiro atoms. The molecule has 0 amide bonds. The van der Waals surface area contributed by atoms with Crippen LogP contribution in [0.4, 0.5) is 8.78 Å². The van der Waals surface area contributed by atoms with Gasteiger partial charge in [0.25, 0.3) is 0 Å². The van der Waals surface area contributed by atoms with E-state index in [1.807, 2.05) is 6.08 Å². The van der Waals surface area contributed by atoms with E-state index in [9.17, 15) is 13.6 Å². The number of benzene rings is 1. The molecule has 0 radical (unpaired) electrons. The first-order valence-corrected chi connectivity index (χ1v) is 12.5. The van der Waals surface area contributed by atoms with Crippen molar-refractivity contribution in [3.63, 3.8) is 0 Å². The van der Waals surface area contributed by atoms with Crippen LogP contribution in [-0.2, 0) is 11.2 Å². The highest BCUT2D eigenvalue weighted by Crippen LogP contribution is 2.41. The lowest BCUT2D eigenvalue weighted by atomic mass is 9.70. The number of Topliss-reactive ketones (excluding diaryl/α,β-unsaturated/α-hetero) is 1. The van der Waals surface area contributed by atoms with E-state index in [2.05, 4.69) is 52.6 Å². The molecule has 1 saturated carbocycles. The molecule has 2 rings (SSSR count). The SMILES string of the molecule is C=C/C=C(/C1CCC(CC(=O)CCc2ccc(F)cc2F)CC1)C(C(=C)C)C(C)C.CS. The summed E-state index contributed by atoms with van der Waals surface area (Å²) < 4.78 is 26.8. The third-order valence-corrected chi connectivity index (χ3v) is 6.39. The van der Waals surface area contributed by atoms with Crippen LogP contribution in [0.3, 0.4) is 0 Å². The van der Waals surface area contributed by atoms with E-state index in [-0.39, 0.29) is 5.78 Å². The number of allylic oxidation sites excluding steroid dienone is 4. The van der Waals surface area contributed by atoms with E-state index in [4.69, 9.17) is 0 Å². The number of ketones is 1. The normalized spacial score (nSPS) is 19.7. The largest absolute Gasteiger partial charge is 0.300 e. The average Bonchev–Trinajstić information content (AvgIpc) is 2.74. The van der Waals surface area contributed by atoms with Gasteiger partial charge >= 0.3 is 0 Å². The van der Waals surface area contributed by atoms with Crippen molar-refractivity contribution in [1.82, 2.24) is 0 Å². The van der Waals surface area contributed by atoms with E-state index < -0.39 is 11.6 Å². The van der Waals surface area contributed by atoms with Gasteiger partial charge in [0.1, 0.15) is 17.4 Å². The second-order valence-electron chi connectivity index (χ2n) is 9.17. The van der Waals surface area contributed by atoms with Crippen LogP contribution in [0.2, 0.25) is 0 Å². The molecule has 1 fully saturated rings. The number of rotatable bonds is 10. The van der Waals surface area contributed by atoms with Gasteiger partial charge in [-0.2, -0.15) is 12.6 Å². The Morgan fingerprint density at radius 1 is 1.19 bits per heavy atom. The van der Waals surface area contributed by atoms with Crippen molar-refractivity contribution < 1.29 is 13.6 Å². The van der Waals surface area contributed by atoms with Gasteiger partial charge in [-0.25, -0.2) is 8.78 Å². The van der Waals surface area contributed by atoms with Crippen molar-refractivity contribution in [2.75, 3.05) is 6.26 Å². The first kappa shape index (κ1) is 28.4. The zero-order chi connectivity index (χ0) is 24.3. The van der Waals surface area contributed by atoms with Crippen molar-refractivity contribution in [3.8, 4) is 0 Å². The summed E-state index contributed by atoms with van der Waals surface area (Å²) in [6, 6.07) is 3.56. The van der Waals surface area contributed by atoms with Gasteiger partial charge in [-0.15, -0.1) is 0 Å². The quantitative estimate of drug-likeness (QED) is 0.211. The highest BCUT2D eigenvalue weighted by molar-refractivity contribution is 7.79.